The second kappa shape index (κ2) is 8.02. The maximum Gasteiger partial charge on any atom is 0.416 e. The summed E-state index contributed by atoms with van der Waals surface area (Å²) in [6, 6.07) is 6.93. The Labute approximate surface area is 178 Å². The predicted octanol–water partition coefficient (Wildman–Crippen LogP) is 5.11. The van der Waals surface area contributed by atoms with Crippen molar-refractivity contribution >= 4 is 50.8 Å². The van der Waals surface area contributed by atoms with Gasteiger partial charge in [-0.2, -0.15) is 18.2 Å². The second-order valence-electron chi connectivity index (χ2n) is 5.77. The molecule has 0 aliphatic heterocycles. The third-order valence-electron chi connectivity index (χ3n) is 3.63. The molecule has 0 fully saturated rings. The van der Waals surface area contributed by atoms with Crippen LogP contribution in [-0.2, 0) is 22.7 Å². The lowest BCUT2D eigenvalue weighted by molar-refractivity contribution is -0.137. The van der Waals surface area contributed by atoms with Crippen LogP contribution in [0.1, 0.15) is 11.1 Å². The Morgan fingerprint density at radius 3 is 2.41 bits per heavy atom. The minimum Gasteiger partial charge on any atom is -0.246 e. The zero-order valence-electron chi connectivity index (χ0n) is 14.1. The van der Waals surface area contributed by atoms with Gasteiger partial charge in [-0.1, -0.05) is 46.9 Å². The number of nitrogens with one attached hydrogen (secondary N) is 1. The van der Waals surface area contributed by atoms with E-state index in [9.17, 15) is 21.6 Å². The molecule has 0 atom stereocenters. The Morgan fingerprint density at radius 1 is 1.03 bits per heavy atom. The summed E-state index contributed by atoms with van der Waals surface area (Å²) >= 11 is 17.5. The molecule has 0 saturated heterocycles. The minimum absolute atomic E-state index is 0.0144. The van der Waals surface area contributed by atoms with Gasteiger partial charge in [0.2, 0.25) is 0 Å². The van der Waals surface area contributed by atoms with Gasteiger partial charge in [-0.3, -0.25) is 0 Å². The van der Waals surface area contributed by atoms with E-state index in [4.69, 9.17) is 34.8 Å². The highest BCUT2D eigenvalue weighted by molar-refractivity contribution is 7.92. The lowest BCUT2D eigenvalue weighted by Crippen LogP contribution is -2.15. The molecule has 3 rings (SSSR count). The fourth-order valence-corrected chi connectivity index (χ4v) is 4.28. The van der Waals surface area contributed by atoms with Crippen molar-refractivity contribution in [3.8, 4) is 0 Å². The molecule has 3 aromatic rings. The van der Waals surface area contributed by atoms with Crippen molar-refractivity contribution in [2.45, 2.75) is 17.6 Å². The Hall–Kier alpha value is -2.01. The molecule has 0 saturated carbocycles. The molecule has 0 spiro atoms. The average Bonchev–Trinajstić information content (AvgIpc) is 3.03. The van der Waals surface area contributed by atoms with E-state index < -0.39 is 21.8 Å². The first kappa shape index (κ1) is 21.7. The van der Waals surface area contributed by atoms with Crippen molar-refractivity contribution in [3.63, 3.8) is 0 Å². The first-order chi connectivity index (χ1) is 13.5. The minimum atomic E-state index is -4.47. The van der Waals surface area contributed by atoms with Crippen molar-refractivity contribution in [1.82, 2.24) is 14.8 Å². The lowest BCUT2D eigenvalue weighted by atomic mass is 10.1. The van der Waals surface area contributed by atoms with Crippen LogP contribution in [0.25, 0.3) is 0 Å². The number of sulfonamides is 1. The van der Waals surface area contributed by atoms with Gasteiger partial charge >= 0.3 is 6.18 Å². The smallest absolute Gasteiger partial charge is 0.246 e. The molecule has 0 radical (unpaired) electrons. The number of hydrogen-bond acceptors (Lipinski definition) is 4. The Kier molecular flexibility index (Phi) is 6.00. The summed E-state index contributed by atoms with van der Waals surface area (Å²) in [6.07, 6.45) is -3.30. The summed E-state index contributed by atoms with van der Waals surface area (Å²) in [5.41, 5.74) is -0.489. The van der Waals surface area contributed by atoms with Crippen LogP contribution < -0.4 is 4.72 Å². The van der Waals surface area contributed by atoms with Crippen molar-refractivity contribution < 1.29 is 21.6 Å². The van der Waals surface area contributed by atoms with Gasteiger partial charge < -0.3 is 0 Å². The van der Waals surface area contributed by atoms with Gasteiger partial charge in [-0.25, -0.2) is 17.8 Å². The molecule has 6 nitrogen and oxygen atoms in total. The maximum atomic E-state index is 12.8. The van der Waals surface area contributed by atoms with E-state index in [-0.39, 0.29) is 32.5 Å². The second-order valence-corrected chi connectivity index (χ2v) is 8.64. The fraction of sp³-hybridized carbons (Fsp3) is 0.125. The number of rotatable bonds is 5. The van der Waals surface area contributed by atoms with E-state index in [0.717, 1.165) is 18.2 Å². The zero-order chi connectivity index (χ0) is 21.4. The average molecular weight is 486 g/mol. The summed E-state index contributed by atoms with van der Waals surface area (Å²) in [5, 5.41) is 3.82. The fourth-order valence-electron chi connectivity index (χ4n) is 2.34. The third-order valence-corrected chi connectivity index (χ3v) is 6.14. The quantitative estimate of drug-likeness (QED) is 0.510. The normalized spacial score (nSPS) is 12.2. The first-order valence-corrected chi connectivity index (χ1v) is 10.3. The topological polar surface area (TPSA) is 76.9 Å². The molecule has 0 aliphatic carbocycles. The van der Waals surface area contributed by atoms with Crippen LogP contribution in [0.3, 0.4) is 0 Å². The monoisotopic (exact) mass is 484 g/mol. The van der Waals surface area contributed by atoms with E-state index in [1.165, 1.54) is 29.2 Å². The van der Waals surface area contributed by atoms with Crippen molar-refractivity contribution in [3.05, 3.63) is 68.9 Å². The van der Waals surface area contributed by atoms with Crippen LogP contribution in [0.5, 0.6) is 0 Å². The van der Waals surface area contributed by atoms with Crippen LogP contribution in [0, 0.1) is 0 Å². The van der Waals surface area contributed by atoms with E-state index in [2.05, 4.69) is 14.8 Å². The highest BCUT2D eigenvalue weighted by Crippen LogP contribution is 2.32. The van der Waals surface area contributed by atoms with Crippen LogP contribution in [0.4, 0.5) is 19.1 Å². The highest BCUT2D eigenvalue weighted by atomic mass is 35.5. The number of anilines is 1. The number of benzene rings is 2. The van der Waals surface area contributed by atoms with Gasteiger partial charge in [-0.05, 0) is 29.8 Å². The van der Waals surface area contributed by atoms with E-state index in [1.807, 2.05) is 0 Å². The molecule has 29 heavy (non-hydrogen) atoms. The number of aromatic nitrogens is 3. The molecule has 154 valence electrons. The van der Waals surface area contributed by atoms with Gasteiger partial charge in [0.1, 0.15) is 11.2 Å². The molecule has 2 aromatic carbocycles. The van der Waals surface area contributed by atoms with E-state index >= 15 is 0 Å². The molecular weight excluding hydrogens is 476 g/mol. The van der Waals surface area contributed by atoms with Crippen LogP contribution in [0.15, 0.2) is 47.6 Å². The molecule has 0 unspecified atom stereocenters. The number of alkyl halides is 3. The van der Waals surface area contributed by atoms with Gasteiger partial charge in [-0.15, -0.1) is 5.10 Å². The van der Waals surface area contributed by atoms with Gasteiger partial charge in [0.25, 0.3) is 16.0 Å². The van der Waals surface area contributed by atoms with Crippen LogP contribution >= 0.6 is 34.8 Å². The molecule has 0 amide bonds. The summed E-state index contributed by atoms with van der Waals surface area (Å²) in [4.78, 5) is 3.47. The summed E-state index contributed by atoms with van der Waals surface area (Å²) in [5.74, 6) is -0.292. The zero-order valence-corrected chi connectivity index (χ0v) is 17.2. The Bertz CT molecular complexity index is 1170. The van der Waals surface area contributed by atoms with Crippen molar-refractivity contribution in [1.29, 1.82) is 0 Å². The standard InChI is InChI=1S/C16H10Cl3F3N4O2S/c17-11-5-13(19)14(6-12(11)18)29(27,28)25-15-23-8-26(24-15)7-9-2-1-3-10(4-9)16(20,21)22/h1-6,8H,7H2,(H,24,25). The molecule has 0 bridgehead atoms. The molecule has 1 heterocycles. The first-order valence-electron chi connectivity index (χ1n) is 7.68. The Balaban J connectivity index is 1.80. The number of halogens is 6. The molecular formula is C16H10Cl3F3N4O2S. The van der Waals surface area contributed by atoms with E-state index in [0.29, 0.717) is 5.56 Å². The molecule has 13 heteroatoms. The third kappa shape index (κ3) is 5.13. The maximum absolute atomic E-state index is 12.8. The number of hydrogen-bond donors (Lipinski definition) is 1. The van der Waals surface area contributed by atoms with Crippen LogP contribution in [0.2, 0.25) is 15.1 Å². The van der Waals surface area contributed by atoms with Crippen molar-refractivity contribution in [2.24, 2.45) is 0 Å². The number of nitrogens with zero attached hydrogens (tertiary/aromatic N) is 3. The van der Waals surface area contributed by atoms with Crippen molar-refractivity contribution in [2.75, 3.05) is 4.72 Å². The lowest BCUT2D eigenvalue weighted by Gasteiger charge is -2.09. The predicted molar refractivity (Wildman–Crippen MR) is 103 cm³/mol. The summed E-state index contributed by atoms with van der Waals surface area (Å²) in [7, 11) is -4.18. The largest absolute Gasteiger partial charge is 0.416 e. The van der Waals surface area contributed by atoms with Crippen LogP contribution in [-0.4, -0.2) is 23.2 Å². The SMILES string of the molecule is O=S(=O)(Nc1ncn(Cc2cccc(C(F)(F)F)c2)n1)c1cc(Cl)c(Cl)cc1Cl. The van der Waals surface area contributed by atoms with E-state index in [1.54, 1.807) is 0 Å². The summed E-state index contributed by atoms with van der Waals surface area (Å²) < 4.78 is 66.7. The van der Waals surface area contributed by atoms with Gasteiger partial charge in [0, 0.05) is 0 Å². The highest BCUT2D eigenvalue weighted by Gasteiger charge is 2.30. The molecule has 1 aromatic heterocycles. The van der Waals surface area contributed by atoms with Gasteiger partial charge in [0.05, 0.1) is 27.2 Å². The Morgan fingerprint density at radius 2 is 1.72 bits per heavy atom. The molecule has 1 N–H and O–H groups in total. The summed E-state index contributed by atoms with van der Waals surface area (Å²) in [6.45, 7) is -0.0494. The van der Waals surface area contributed by atoms with Gasteiger partial charge in [0.15, 0.2) is 0 Å². The molecule has 0 aliphatic rings.